The molecule has 3 nitrogen and oxygen atoms in total. The van der Waals surface area contributed by atoms with Crippen molar-refractivity contribution in [3.05, 3.63) is 0 Å². The second-order valence-corrected chi connectivity index (χ2v) is 4.35. The highest BCUT2D eigenvalue weighted by molar-refractivity contribution is 6.18. The Bertz CT molecular complexity index is 168. The van der Waals surface area contributed by atoms with E-state index in [1.165, 1.54) is 0 Å². The molecule has 1 heterocycles. The molecule has 0 bridgehead atoms. The molecular weight excluding hydrogens is 200 g/mol. The van der Waals surface area contributed by atoms with Gasteiger partial charge in [0, 0.05) is 38.1 Å². The van der Waals surface area contributed by atoms with Gasteiger partial charge in [-0.3, -0.25) is 9.80 Å². The molecule has 0 radical (unpaired) electrons. The van der Waals surface area contributed by atoms with Crippen LogP contribution in [0, 0.1) is 0 Å². The van der Waals surface area contributed by atoms with Crippen molar-refractivity contribution >= 4 is 11.6 Å². The van der Waals surface area contributed by atoms with Crippen molar-refractivity contribution in [2.24, 2.45) is 0 Å². The summed E-state index contributed by atoms with van der Waals surface area (Å²) in [7, 11) is 0. The van der Waals surface area contributed by atoms with Crippen LogP contribution in [-0.2, 0) is 0 Å². The van der Waals surface area contributed by atoms with Crippen molar-refractivity contribution < 1.29 is 5.11 Å². The van der Waals surface area contributed by atoms with Gasteiger partial charge in [0.05, 0.1) is 6.10 Å². The van der Waals surface area contributed by atoms with Crippen LogP contribution in [0.4, 0.5) is 0 Å². The maximum absolute atomic E-state index is 9.43. The maximum Gasteiger partial charge on any atom is 0.0802 e. The largest absolute Gasteiger partial charge is 0.391 e. The lowest BCUT2D eigenvalue weighted by Crippen LogP contribution is -2.53. The Morgan fingerprint density at radius 2 is 2.21 bits per heavy atom. The third kappa shape index (κ3) is 3.39. The molecule has 0 aromatic heterocycles. The number of nitrogens with zero attached hydrogens (tertiary/aromatic N) is 2. The van der Waals surface area contributed by atoms with Gasteiger partial charge in [0.15, 0.2) is 0 Å². The number of hydrogen-bond donors (Lipinski definition) is 1. The van der Waals surface area contributed by atoms with Crippen LogP contribution in [0.1, 0.15) is 13.8 Å². The third-order valence-electron chi connectivity index (χ3n) is 2.90. The van der Waals surface area contributed by atoms with Gasteiger partial charge in [-0.05, 0) is 13.5 Å². The molecule has 4 heteroatoms. The second-order valence-electron chi connectivity index (χ2n) is 4.05. The van der Waals surface area contributed by atoms with Crippen molar-refractivity contribution in [3.63, 3.8) is 0 Å². The van der Waals surface area contributed by atoms with E-state index in [-0.39, 0.29) is 6.10 Å². The average Bonchev–Trinajstić information content (AvgIpc) is 2.18. The Morgan fingerprint density at radius 1 is 1.50 bits per heavy atom. The monoisotopic (exact) mass is 220 g/mol. The minimum Gasteiger partial charge on any atom is -0.391 e. The van der Waals surface area contributed by atoms with Crippen molar-refractivity contribution in [1.82, 2.24) is 9.80 Å². The van der Waals surface area contributed by atoms with Gasteiger partial charge in [-0.15, -0.1) is 11.6 Å². The van der Waals surface area contributed by atoms with E-state index in [4.69, 9.17) is 11.6 Å². The minimum atomic E-state index is -0.378. The summed E-state index contributed by atoms with van der Waals surface area (Å²) in [6, 6.07) is 0.594. The smallest absolute Gasteiger partial charge is 0.0802 e. The van der Waals surface area contributed by atoms with E-state index in [2.05, 4.69) is 23.6 Å². The fourth-order valence-electron chi connectivity index (χ4n) is 2.05. The quantitative estimate of drug-likeness (QED) is 0.704. The van der Waals surface area contributed by atoms with E-state index in [1.54, 1.807) is 0 Å². The van der Waals surface area contributed by atoms with Crippen molar-refractivity contribution in [2.75, 3.05) is 38.6 Å². The molecule has 1 rings (SSSR count). The average molecular weight is 221 g/mol. The first-order valence-electron chi connectivity index (χ1n) is 5.37. The van der Waals surface area contributed by atoms with Gasteiger partial charge in [0.1, 0.15) is 0 Å². The number of halogens is 1. The summed E-state index contributed by atoms with van der Waals surface area (Å²) in [4.78, 5) is 4.76. The van der Waals surface area contributed by atoms with E-state index in [0.717, 1.165) is 26.2 Å². The summed E-state index contributed by atoms with van der Waals surface area (Å²) in [6.45, 7) is 9.46. The summed E-state index contributed by atoms with van der Waals surface area (Å²) >= 11 is 5.58. The van der Waals surface area contributed by atoms with Gasteiger partial charge in [0.2, 0.25) is 0 Å². The minimum absolute atomic E-state index is 0.336. The van der Waals surface area contributed by atoms with E-state index in [0.29, 0.717) is 18.5 Å². The number of rotatable bonds is 4. The molecule has 1 N–H and O–H groups in total. The summed E-state index contributed by atoms with van der Waals surface area (Å²) in [5.74, 6) is 0.336. The third-order valence-corrected chi connectivity index (χ3v) is 3.26. The lowest BCUT2D eigenvalue weighted by Gasteiger charge is -2.39. The normalized spacial score (nSPS) is 27.9. The Labute approximate surface area is 91.6 Å². The number of piperazine rings is 1. The first kappa shape index (κ1) is 12.2. The lowest BCUT2D eigenvalue weighted by atomic mass is 10.2. The second kappa shape index (κ2) is 5.91. The highest BCUT2D eigenvalue weighted by atomic mass is 35.5. The molecule has 1 fully saturated rings. The van der Waals surface area contributed by atoms with E-state index >= 15 is 0 Å². The van der Waals surface area contributed by atoms with Gasteiger partial charge < -0.3 is 5.11 Å². The molecule has 0 aromatic carbocycles. The first-order chi connectivity index (χ1) is 6.67. The number of aliphatic hydroxyl groups is 1. The molecule has 0 amide bonds. The molecule has 14 heavy (non-hydrogen) atoms. The summed E-state index contributed by atoms with van der Waals surface area (Å²) in [5, 5.41) is 9.43. The molecule has 1 aliphatic rings. The summed E-state index contributed by atoms with van der Waals surface area (Å²) < 4.78 is 0. The van der Waals surface area contributed by atoms with Crippen LogP contribution in [0.5, 0.6) is 0 Å². The van der Waals surface area contributed by atoms with Crippen LogP contribution in [0.15, 0.2) is 0 Å². The van der Waals surface area contributed by atoms with Crippen LogP contribution in [-0.4, -0.2) is 65.7 Å². The predicted octanol–water partition coefficient (Wildman–Crippen LogP) is 0.612. The number of alkyl halides is 1. The Morgan fingerprint density at radius 3 is 2.71 bits per heavy atom. The van der Waals surface area contributed by atoms with Crippen LogP contribution in [0.3, 0.4) is 0 Å². The summed E-state index contributed by atoms with van der Waals surface area (Å²) in [5.41, 5.74) is 0. The fraction of sp³-hybridized carbons (Fsp3) is 1.00. The number of hydrogen-bond acceptors (Lipinski definition) is 3. The molecule has 0 saturated carbocycles. The molecule has 0 aromatic rings. The zero-order valence-corrected chi connectivity index (χ0v) is 9.87. The van der Waals surface area contributed by atoms with Gasteiger partial charge in [-0.25, -0.2) is 0 Å². The van der Waals surface area contributed by atoms with Crippen molar-refractivity contribution in [3.8, 4) is 0 Å². The highest BCUT2D eigenvalue weighted by Gasteiger charge is 2.23. The molecule has 0 spiro atoms. The standard InChI is InChI=1S/C10H21ClN2O/c1-3-13-5-4-12(7-9(13)2)8-10(14)6-11/h9-10,14H,3-8H2,1-2H3. The SMILES string of the molecule is CCN1CCN(CC(O)CCl)CC1C. The van der Waals surface area contributed by atoms with E-state index in [1.807, 2.05) is 0 Å². The van der Waals surface area contributed by atoms with Gasteiger partial charge in [-0.1, -0.05) is 6.92 Å². The van der Waals surface area contributed by atoms with Crippen LogP contribution in [0.25, 0.3) is 0 Å². The summed E-state index contributed by atoms with van der Waals surface area (Å²) in [6.07, 6.45) is -0.378. The number of β-amino-alcohol motifs (C(OH)–C–C–N with tert-alkyl or cyclic N) is 1. The van der Waals surface area contributed by atoms with Crippen molar-refractivity contribution in [1.29, 1.82) is 0 Å². The van der Waals surface area contributed by atoms with Crippen LogP contribution >= 0.6 is 11.6 Å². The Kier molecular flexibility index (Phi) is 5.17. The Balaban J connectivity index is 2.31. The lowest BCUT2D eigenvalue weighted by molar-refractivity contribution is 0.0548. The molecule has 2 unspecified atom stereocenters. The predicted molar refractivity (Wildman–Crippen MR) is 59.9 cm³/mol. The molecule has 2 atom stereocenters. The molecule has 0 aliphatic carbocycles. The molecule has 1 aliphatic heterocycles. The van der Waals surface area contributed by atoms with Crippen LogP contribution < -0.4 is 0 Å². The van der Waals surface area contributed by atoms with Crippen LogP contribution in [0.2, 0.25) is 0 Å². The maximum atomic E-state index is 9.43. The molecule has 84 valence electrons. The molecular formula is C10H21ClN2O. The highest BCUT2D eigenvalue weighted by Crippen LogP contribution is 2.09. The number of aliphatic hydroxyl groups excluding tert-OH is 1. The van der Waals surface area contributed by atoms with E-state index in [9.17, 15) is 5.11 Å². The number of likely N-dealkylation sites (N-methyl/N-ethyl adjacent to an activating group) is 1. The zero-order chi connectivity index (χ0) is 10.6. The first-order valence-corrected chi connectivity index (χ1v) is 5.91. The Hall–Kier alpha value is 0.170. The van der Waals surface area contributed by atoms with Gasteiger partial charge in [-0.2, -0.15) is 0 Å². The van der Waals surface area contributed by atoms with Gasteiger partial charge >= 0.3 is 0 Å². The molecule has 1 saturated heterocycles. The zero-order valence-electron chi connectivity index (χ0n) is 9.12. The topological polar surface area (TPSA) is 26.7 Å². The van der Waals surface area contributed by atoms with E-state index < -0.39 is 0 Å². The van der Waals surface area contributed by atoms with Gasteiger partial charge in [0.25, 0.3) is 0 Å². The van der Waals surface area contributed by atoms with Crippen molar-refractivity contribution in [2.45, 2.75) is 26.0 Å². The fourth-order valence-corrected chi connectivity index (χ4v) is 2.15.